The molecular formula is C26H17N3O3S. The van der Waals surface area contributed by atoms with Crippen molar-refractivity contribution >= 4 is 29.0 Å². The highest BCUT2D eigenvalue weighted by molar-refractivity contribution is 8.18. The van der Waals surface area contributed by atoms with E-state index in [1.165, 1.54) is 0 Å². The molecule has 0 aliphatic carbocycles. The van der Waals surface area contributed by atoms with Crippen LogP contribution in [0.5, 0.6) is 5.75 Å². The number of rotatable bonds is 6. The lowest BCUT2D eigenvalue weighted by Crippen LogP contribution is -2.27. The second-order valence-electron chi connectivity index (χ2n) is 7.13. The molecule has 3 aromatic rings. The van der Waals surface area contributed by atoms with Crippen LogP contribution >= 0.6 is 11.8 Å². The number of ether oxygens (including phenoxy) is 1. The third-order valence-corrected chi connectivity index (χ3v) is 5.97. The second kappa shape index (κ2) is 9.86. The summed E-state index contributed by atoms with van der Waals surface area (Å²) in [6, 6.07) is 25.5. The minimum Gasteiger partial charge on any atom is -0.488 e. The zero-order valence-electron chi connectivity index (χ0n) is 17.4. The molecule has 0 unspecified atom stereocenters. The molecule has 0 saturated carbocycles. The summed E-state index contributed by atoms with van der Waals surface area (Å²) < 4.78 is 5.94. The maximum atomic E-state index is 13.0. The van der Waals surface area contributed by atoms with Crippen molar-refractivity contribution in [3.63, 3.8) is 0 Å². The van der Waals surface area contributed by atoms with Crippen molar-refractivity contribution in [2.45, 2.75) is 13.2 Å². The van der Waals surface area contributed by atoms with Gasteiger partial charge in [-0.05, 0) is 41.6 Å². The monoisotopic (exact) mass is 451 g/mol. The summed E-state index contributed by atoms with van der Waals surface area (Å²) in [7, 11) is 0. The number of nitrogens with zero attached hydrogens (tertiary/aromatic N) is 3. The van der Waals surface area contributed by atoms with E-state index in [4.69, 9.17) is 4.74 Å². The van der Waals surface area contributed by atoms with Crippen molar-refractivity contribution in [2.75, 3.05) is 0 Å². The van der Waals surface area contributed by atoms with Gasteiger partial charge in [-0.1, -0.05) is 54.6 Å². The molecule has 33 heavy (non-hydrogen) atoms. The number of hydrogen-bond acceptors (Lipinski definition) is 6. The zero-order valence-corrected chi connectivity index (χ0v) is 18.2. The summed E-state index contributed by atoms with van der Waals surface area (Å²) >= 11 is 0.856. The van der Waals surface area contributed by atoms with Gasteiger partial charge in [0.15, 0.2) is 0 Å². The lowest BCUT2D eigenvalue weighted by atomic mass is 10.1. The van der Waals surface area contributed by atoms with E-state index in [1.807, 2.05) is 24.3 Å². The molecule has 160 valence electrons. The summed E-state index contributed by atoms with van der Waals surface area (Å²) in [4.78, 5) is 26.9. The van der Waals surface area contributed by atoms with Crippen LogP contribution in [0.15, 0.2) is 77.7 Å². The molecule has 1 saturated heterocycles. The number of carbonyl (C=O) groups excluding carboxylic acids is 2. The van der Waals surface area contributed by atoms with E-state index >= 15 is 0 Å². The quantitative estimate of drug-likeness (QED) is 0.476. The van der Waals surface area contributed by atoms with Crippen molar-refractivity contribution in [3.8, 4) is 17.9 Å². The van der Waals surface area contributed by atoms with Gasteiger partial charge >= 0.3 is 0 Å². The molecule has 2 amide bonds. The number of carbonyl (C=O) groups is 2. The third-order valence-electron chi connectivity index (χ3n) is 5.07. The molecule has 0 aromatic heterocycles. The normalized spacial score (nSPS) is 14.2. The highest BCUT2D eigenvalue weighted by Crippen LogP contribution is 2.35. The molecule has 0 spiro atoms. The Morgan fingerprint density at radius 2 is 1.45 bits per heavy atom. The number of amides is 2. The lowest BCUT2D eigenvalue weighted by Gasteiger charge is -2.13. The van der Waals surface area contributed by atoms with Crippen LogP contribution in [0.25, 0.3) is 6.08 Å². The average molecular weight is 452 g/mol. The first-order valence-corrected chi connectivity index (χ1v) is 10.9. The van der Waals surface area contributed by atoms with Gasteiger partial charge in [-0.3, -0.25) is 14.5 Å². The van der Waals surface area contributed by atoms with Gasteiger partial charge in [-0.25, -0.2) is 0 Å². The number of benzene rings is 3. The molecule has 0 N–H and O–H groups in total. The number of thioether (sulfide) groups is 1. The fourth-order valence-corrected chi connectivity index (χ4v) is 4.19. The number of hydrogen-bond donors (Lipinski definition) is 0. The Kier molecular flexibility index (Phi) is 6.54. The predicted octanol–water partition coefficient (Wildman–Crippen LogP) is 5.25. The molecular weight excluding hydrogens is 434 g/mol. The van der Waals surface area contributed by atoms with Crippen molar-refractivity contribution in [1.82, 2.24) is 4.90 Å². The van der Waals surface area contributed by atoms with Crippen LogP contribution < -0.4 is 4.74 Å². The largest absolute Gasteiger partial charge is 0.488 e. The molecule has 7 heteroatoms. The predicted molar refractivity (Wildman–Crippen MR) is 125 cm³/mol. The van der Waals surface area contributed by atoms with Gasteiger partial charge in [0.25, 0.3) is 11.1 Å². The second-order valence-corrected chi connectivity index (χ2v) is 8.13. The Labute approximate surface area is 195 Å². The fourth-order valence-electron chi connectivity index (χ4n) is 3.36. The molecule has 0 radical (unpaired) electrons. The number of imide groups is 1. The van der Waals surface area contributed by atoms with Crippen LogP contribution in [0, 0.1) is 22.7 Å². The molecule has 3 aromatic carbocycles. The van der Waals surface area contributed by atoms with E-state index in [2.05, 4.69) is 12.1 Å². The van der Waals surface area contributed by atoms with Crippen LogP contribution in [0.1, 0.15) is 27.8 Å². The van der Waals surface area contributed by atoms with E-state index in [9.17, 15) is 20.1 Å². The topological polar surface area (TPSA) is 94.2 Å². The van der Waals surface area contributed by atoms with Gasteiger partial charge in [0.05, 0.1) is 34.7 Å². The van der Waals surface area contributed by atoms with Crippen molar-refractivity contribution in [1.29, 1.82) is 10.5 Å². The molecule has 1 aliphatic rings. The van der Waals surface area contributed by atoms with E-state index in [-0.39, 0.29) is 23.3 Å². The third kappa shape index (κ3) is 4.79. The lowest BCUT2D eigenvalue weighted by molar-refractivity contribution is -0.123. The van der Waals surface area contributed by atoms with Gasteiger partial charge in [-0.15, -0.1) is 0 Å². The van der Waals surface area contributed by atoms with Gasteiger partial charge < -0.3 is 4.74 Å². The van der Waals surface area contributed by atoms with Gasteiger partial charge in [-0.2, -0.15) is 10.5 Å². The Hall–Kier alpha value is -4.33. The molecule has 0 atom stereocenters. The number of nitriles is 2. The Morgan fingerprint density at radius 3 is 2.18 bits per heavy atom. The summed E-state index contributed by atoms with van der Waals surface area (Å²) in [5.41, 5.74) is 2.98. The van der Waals surface area contributed by atoms with Crippen molar-refractivity contribution in [2.24, 2.45) is 0 Å². The minimum absolute atomic E-state index is 0.0365. The average Bonchev–Trinajstić information content (AvgIpc) is 3.11. The highest BCUT2D eigenvalue weighted by Gasteiger charge is 2.35. The van der Waals surface area contributed by atoms with E-state index in [0.29, 0.717) is 28.0 Å². The minimum atomic E-state index is -0.414. The van der Waals surface area contributed by atoms with Gasteiger partial charge in [0.2, 0.25) is 0 Å². The zero-order chi connectivity index (χ0) is 23.2. The standard InChI is InChI=1S/C26H17N3O3S/c27-14-19-8-1-3-10-21(19)16-29-25(30)24(33-26(29)31)13-18-7-5-6-12-23(18)32-17-22-11-4-2-9-20(22)15-28/h1-13H,16-17H2/b24-13+. The van der Waals surface area contributed by atoms with Crippen LogP contribution in [-0.2, 0) is 17.9 Å². The SMILES string of the molecule is N#Cc1ccccc1COc1ccccc1/C=C1/SC(=O)N(Cc2ccccc2C#N)C1=O. The van der Waals surface area contributed by atoms with Crippen LogP contribution in [-0.4, -0.2) is 16.0 Å². The Bertz CT molecular complexity index is 1350. The van der Waals surface area contributed by atoms with Crippen molar-refractivity contribution in [3.05, 3.63) is 106 Å². The number of para-hydroxylation sites is 1. The summed E-state index contributed by atoms with van der Waals surface area (Å²) in [6.07, 6.45) is 1.63. The van der Waals surface area contributed by atoms with Crippen LogP contribution in [0.3, 0.4) is 0 Å². The van der Waals surface area contributed by atoms with Crippen LogP contribution in [0.2, 0.25) is 0 Å². The van der Waals surface area contributed by atoms with Gasteiger partial charge in [0.1, 0.15) is 12.4 Å². The summed E-state index contributed by atoms with van der Waals surface area (Å²) in [5, 5.41) is 18.2. The Balaban J connectivity index is 1.55. The highest BCUT2D eigenvalue weighted by atomic mass is 32.2. The summed E-state index contributed by atoms with van der Waals surface area (Å²) in [6.45, 7) is 0.232. The molecule has 6 nitrogen and oxygen atoms in total. The maximum absolute atomic E-state index is 13.0. The summed E-state index contributed by atoms with van der Waals surface area (Å²) in [5.74, 6) is 0.120. The Morgan fingerprint density at radius 1 is 0.848 bits per heavy atom. The van der Waals surface area contributed by atoms with Crippen LogP contribution in [0.4, 0.5) is 4.79 Å². The van der Waals surface area contributed by atoms with E-state index in [0.717, 1.165) is 22.2 Å². The molecule has 1 heterocycles. The first kappa shape index (κ1) is 21.9. The smallest absolute Gasteiger partial charge is 0.293 e. The van der Waals surface area contributed by atoms with Crippen molar-refractivity contribution < 1.29 is 14.3 Å². The fraction of sp³-hybridized carbons (Fsp3) is 0.0769. The molecule has 1 aliphatic heterocycles. The van der Waals surface area contributed by atoms with E-state index < -0.39 is 5.91 Å². The van der Waals surface area contributed by atoms with E-state index in [1.54, 1.807) is 54.6 Å². The molecule has 4 rings (SSSR count). The molecule has 0 bridgehead atoms. The first-order chi connectivity index (χ1) is 16.1. The first-order valence-electron chi connectivity index (χ1n) is 10.0. The maximum Gasteiger partial charge on any atom is 0.293 e. The van der Waals surface area contributed by atoms with Gasteiger partial charge in [0, 0.05) is 11.1 Å². The molecule has 1 fully saturated rings.